The van der Waals surface area contributed by atoms with Crippen LogP contribution in [0.4, 0.5) is 4.79 Å². The molecular formula is C19H29ClN4O2. The van der Waals surface area contributed by atoms with Gasteiger partial charge < -0.3 is 15.7 Å². The summed E-state index contributed by atoms with van der Waals surface area (Å²) in [4.78, 5) is 12.2. The number of aliphatic hydroxyl groups is 1. The molecule has 26 heavy (non-hydrogen) atoms. The molecule has 1 aliphatic carbocycles. The number of carbonyl (C=O) groups is 1. The third kappa shape index (κ3) is 5.58. The Balaban J connectivity index is 1.37. The molecule has 7 heteroatoms. The van der Waals surface area contributed by atoms with E-state index in [1.54, 1.807) is 12.1 Å². The fourth-order valence-electron chi connectivity index (χ4n) is 3.90. The van der Waals surface area contributed by atoms with Gasteiger partial charge in [-0.15, -0.1) is 0 Å². The van der Waals surface area contributed by atoms with Gasteiger partial charge in [-0.2, -0.15) is 0 Å². The van der Waals surface area contributed by atoms with Gasteiger partial charge >= 0.3 is 6.03 Å². The first-order valence-electron chi connectivity index (χ1n) is 9.48. The lowest BCUT2D eigenvalue weighted by molar-refractivity contribution is -0.0602. The summed E-state index contributed by atoms with van der Waals surface area (Å²) < 4.78 is 0. The van der Waals surface area contributed by atoms with E-state index in [2.05, 4.69) is 22.1 Å². The fraction of sp³-hybridized carbons (Fsp3) is 0.632. The highest BCUT2D eigenvalue weighted by Gasteiger charge is 2.26. The molecule has 1 aromatic carbocycles. The first-order chi connectivity index (χ1) is 12.5. The highest BCUT2D eigenvalue weighted by molar-refractivity contribution is 6.30. The van der Waals surface area contributed by atoms with Crippen molar-refractivity contribution in [2.45, 2.75) is 63.4 Å². The Morgan fingerprint density at radius 2 is 2.00 bits per heavy atom. The van der Waals surface area contributed by atoms with Crippen molar-refractivity contribution in [1.82, 2.24) is 21.1 Å². The quantitative estimate of drug-likeness (QED) is 0.647. The van der Waals surface area contributed by atoms with Crippen LogP contribution in [0.15, 0.2) is 24.3 Å². The highest BCUT2D eigenvalue weighted by Crippen LogP contribution is 2.28. The molecule has 1 aromatic rings. The van der Waals surface area contributed by atoms with Crippen LogP contribution in [0, 0.1) is 5.92 Å². The third-order valence-corrected chi connectivity index (χ3v) is 5.66. The lowest BCUT2D eigenvalue weighted by atomic mass is 9.82. The second-order valence-corrected chi connectivity index (χ2v) is 7.96. The summed E-state index contributed by atoms with van der Waals surface area (Å²) in [6, 6.07) is 8.19. The topological polar surface area (TPSA) is 76.6 Å². The molecule has 0 spiro atoms. The van der Waals surface area contributed by atoms with E-state index in [0.29, 0.717) is 18.8 Å². The molecule has 144 valence electrons. The highest BCUT2D eigenvalue weighted by atomic mass is 35.5. The van der Waals surface area contributed by atoms with Crippen molar-refractivity contribution < 1.29 is 9.90 Å². The molecule has 0 radical (unpaired) electrons. The summed E-state index contributed by atoms with van der Waals surface area (Å²) in [7, 11) is 1.78. The van der Waals surface area contributed by atoms with Crippen molar-refractivity contribution in [3.63, 3.8) is 0 Å². The van der Waals surface area contributed by atoms with Gasteiger partial charge in [-0.25, -0.2) is 15.2 Å². The van der Waals surface area contributed by atoms with Crippen molar-refractivity contribution >= 4 is 17.6 Å². The van der Waals surface area contributed by atoms with Gasteiger partial charge in [-0.05, 0) is 68.6 Å². The van der Waals surface area contributed by atoms with Gasteiger partial charge in [0.1, 0.15) is 6.23 Å². The van der Waals surface area contributed by atoms with Crippen LogP contribution in [0.3, 0.4) is 0 Å². The Morgan fingerprint density at radius 3 is 2.69 bits per heavy atom. The van der Waals surface area contributed by atoms with E-state index in [9.17, 15) is 9.90 Å². The summed E-state index contributed by atoms with van der Waals surface area (Å²) in [5.74, 6) is 0.657. The number of hydrogen-bond donors (Lipinski definition) is 4. The van der Waals surface area contributed by atoms with Gasteiger partial charge in [0.05, 0.1) is 6.17 Å². The predicted octanol–water partition coefficient (Wildman–Crippen LogP) is 2.62. The Labute approximate surface area is 160 Å². The number of benzene rings is 1. The van der Waals surface area contributed by atoms with E-state index in [0.717, 1.165) is 37.1 Å². The lowest BCUT2D eigenvalue weighted by Crippen LogP contribution is -2.60. The number of carbonyl (C=O) groups excluding carboxylic acids is 1. The number of halogens is 1. The van der Waals surface area contributed by atoms with Crippen molar-refractivity contribution in [1.29, 1.82) is 0 Å². The van der Waals surface area contributed by atoms with Gasteiger partial charge in [0.15, 0.2) is 0 Å². The molecule has 6 nitrogen and oxygen atoms in total. The van der Waals surface area contributed by atoms with E-state index in [1.165, 1.54) is 5.56 Å². The Morgan fingerprint density at radius 1 is 1.23 bits per heavy atom. The predicted molar refractivity (Wildman–Crippen MR) is 102 cm³/mol. The molecule has 1 heterocycles. The summed E-state index contributed by atoms with van der Waals surface area (Å²) in [6.45, 7) is 0. The van der Waals surface area contributed by atoms with Crippen LogP contribution in [-0.2, 0) is 6.42 Å². The van der Waals surface area contributed by atoms with Crippen LogP contribution >= 0.6 is 11.6 Å². The molecule has 2 unspecified atom stereocenters. The molecule has 1 aliphatic heterocycles. The van der Waals surface area contributed by atoms with Gasteiger partial charge in [0.2, 0.25) is 0 Å². The van der Waals surface area contributed by atoms with Gasteiger partial charge in [-0.3, -0.25) is 0 Å². The van der Waals surface area contributed by atoms with Crippen LogP contribution in [-0.4, -0.2) is 41.6 Å². The van der Waals surface area contributed by atoms with Crippen LogP contribution < -0.4 is 16.1 Å². The number of hydrogen-bond acceptors (Lipinski definition) is 4. The number of aliphatic hydroxyl groups excluding tert-OH is 1. The molecule has 1 saturated heterocycles. The van der Waals surface area contributed by atoms with Crippen molar-refractivity contribution in [2.24, 2.45) is 5.92 Å². The van der Waals surface area contributed by atoms with Crippen LogP contribution in [0.2, 0.25) is 5.02 Å². The van der Waals surface area contributed by atoms with Crippen molar-refractivity contribution in [3.05, 3.63) is 34.9 Å². The second-order valence-electron chi connectivity index (χ2n) is 7.52. The number of hydrazine groups is 1. The summed E-state index contributed by atoms with van der Waals surface area (Å²) >= 11 is 6.06. The monoisotopic (exact) mass is 380 g/mol. The Kier molecular flexibility index (Phi) is 6.75. The van der Waals surface area contributed by atoms with Crippen LogP contribution in [0.1, 0.15) is 44.1 Å². The molecule has 0 bridgehead atoms. The zero-order valence-electron chi connectivity index (χ0n) is 15.2. The van der Waals surface area contributed by atoms with E-state index < -0.39 is 6.23 Å². The maximum atomic E-state index is 12.2. The molecule has 2 fully saturated rings. The lowest BCUT2D eigenvalue weighted by Gasteiger charge is -2.36. The average molecular weight is 381 g/mol. The first-order valence-corrected chi connectivity index (χ1v) is 9.86. The minimum atomic E-state index is -0.495. The minimum absolute atomic E-state index is 0.134. The SMILES string of the molecule is CN1NC(NC(=O)N[C@H]2CC[C@H](Cc3cccc(Cl)c3)CC2)CCC1O. The molecule has 4 N–H and O–H groups in total. The molecule has 0 aromatic heterocycles. The number of rotatable bonds is 4. The number of nitrogens with zero attached hydrogens (tertiary/aromatic N) is 1. The van der Waals surface area contributed by atoms with Crippen LogP contribution in [0.25, 0.3) is 0 Å². The number of nitrogens with one attached hydrogen (secondary N) is 3. The molecule has 3 rings (SSSR count). The molecular weight excluding hydrogens is 352 g/mol. The second kappa shape index (κ2) is 9.04. The Bertz CT molecular complexity index is 607. The van der Waals surface area contributed by atoms with Gasteiger partial charge in [0, 0.05) is 18.1 Å². The maximum Gasteiger partial charge on any atom is 0.316 e. The summed E-state index contributed by atoms with van der Waals surface area (Å²) in [5, 5.41) is 18.1. The maximum absolute atomic E-state index is 12.2. The smallest absolute Gasteiger partial charge is 0.316 e. The molecule has 2 aliphatic rings. The molecule has 2 atom stereocenters. The van der Waals surface area contributed by atoms with Crippen molar-refractivity contribution in [3.8, 4) is 0 Å². The van der Waals surface area contributed by atoms with Crippen LogP contribution in [0.5, 0.6) is 0 Å². The van der Waals surface area contributed by atoms with E-state index in [-0.39, 0.29) is 18.2 Å². The standard InChI is InChI=1S/C19H29ClN4O2/c1-24-18(25)10-9-17(23-24)22-19(26)21-16-7-5-13(6-8-16)11-14-3-2-4-15(20)12-14/h2-4,12-13,16-18,23,25H,5-11H2,1H3,(H2,21,22,26)/t13-,16-,17?,18?. The number of urea groups is 1. The van der Waals surface area contributed by atoms with E-state index >= 15 is 0 Å². The normalized spacial score (nSPS) is 30.0. The average Bonchev–Trinajstić information content (AvgIpc) is 2.60. The Hall–Kier alpha value is -1.34. The first kappa shape index (κ1) is 19.4. The van der Waals surface area contributed by atoms with E-state index in [1.807, 2.05) is 18.2 Å². The fourth-order valence-corrected chi connectivity index (χ4v) is 4.12. The zero-order valence-corrected chi connectivity index (χ0v) is 16.0. The summed E-state index contributed by atoms with van der Waals surface area (Å²) in [5.41, 5.74) is 4.37. The van der Waals surface area contributed by atoms with Gasteiger partial charge in [0.25, 0.3) is 0 Å². The van der Waals surface area contributed by atoms with Crippen molar-refractivity contribution in [2.75, 3.05) is 7.05 Å². The summed E-state index contributed by atoms with van der Waals surface area (Å²) in [6.07, 6.45) is 6.04. The van der Waals surface area contributed by atoms with E-state index in [4.69, 9.17) is 11.6 Å². The minimum Gasteiger partial charge on any atom is -0.377 e. The molecule has 1 saturated carbocycles. The third-order valence-electron chi connectivity index (χ3n) is 5.42. The number of amides is 2. The molecule has 2 amide bonds. The largest absolute Gasteiger partial charge is 0.377 e. The van der Waals surface area contributed by atoms with Gasteiger partial charge in [-0.1, -0.05) is 23.7 Å². The zero-order chi connectivity index (χ0) is 18.5.